The number of carbonyl (C=O) groups is 1. The van der Waals surface area contributed by atoms with Gasteiger partial charge in [-0.1, -0.05) is 12.1 Å². The van der Waals surface area contributed by atoms with Crippen LogP contribution in [0.5, 0.6) is 0 Å². The number of imidazole rings is 1. The normalized spacial score (nSPS) is 15.7. The van der Waals surface area contributed by atoms with Crippen molar-refractivity contribution in [2.45, 2.75) is 24.5 Å². The lowest BCUT2D eigenvalue weighted by Crippen LogP contribution is -2.38. The Morgan fingerprint density at radius 2 is 1.86 bits per heavy atom. The number of rotatable bonds is 4. The van der Waals surface area contributed by atoms with Gasteiger partial charge in [-0.15, -0.1) is 0 Å². The molecule has 1 N–H and O–H groups in total. The lowest BCUT2D eigenvalue weighted by atomic mass is 9.95. The second-order valence-electron chi connectivity index (χ2n) is 7.62. The summed E-state index contributed by atoms with van der Waals surface area (Å²) < 4.78 is 36.1. The van der Waals surface area contributed by atoms with Crippen LogP contribution in [0.15, 0.2) is 42.5 Å². The molecule has 29 heavy (non-hydrogen) atoms. The number of likely N-dealkylation sites (tertiary alicyclic amines) is 1. The summed E-state index contributed by atoms with van der Waals surface area (Å²) in [6.07, 6.45) is 2.75. The number of aromatic amines is 1. The Bertz CT molecular complexity index is 1150. The molecule has 0 saturated carbocycles. The summed E-state index contributed by atoms with van der Waals surface area (Å²) in [5.74, 6) is 0.653. The van der Waals surface area contributed by atoms with Crippen LogP contribution in [0.4, 0.5) is 4.39 Å². The van der Waals surface area contributed by atoms with Gasteiger partial charge in [-0.2, -0.15) is 0 Å². The third-order valence-electron chi connectivity index (χ3n) is 5.26. The van der Waals surface area contributed by atoms with Crippen molar-refractivity contribution in [3.05, 3.63) is 65.2 Å². The van der Waals surface area contributed by atoms with Crippen LogP contribution in [-0.2, 0) is 15.6 Å². The van der Waals surface area contributed by atoms with E-state index in [0.29, 0.717) is 29.7 Å². The Labute approximate surface area is 168 Å². The summed E-state index contributed by atoms with van der Waals surface area (Å²) in [6, 6.07) is 11.2. The quantitative estimate of drug-likeness (QED) is 0.709. The molecule has 6 nitrogen and oxygen atoms in total. The number of hydrogen-bond donors (Lipinski definition) is 1. The van der Waals surface area contributed by atoms with E-state index in [0.717, 1.165) is 24.2 Å². The number of aromatic nitrogens is 2. The molecule has 1 aliphatic rings. The summed E-state index contributed by atoms with van der Waals surface area (Å²) >= 11 is 0. The van der Waals surface area contributed by atoms with E-state index < -0.39 is 9.84 Å². The number of sulfone groups is 1. The Hall–Kier alpha value is -2.74. The molecule has 1 aromatic heterocycles. The fourth-order valence-corrected chi connectivity index (χ4v) is 4.58. The van der Waals surface area contributed by atoms with Gasteiger partial charge >= 0.3 is 0 Å². The standard InChI is InChI=1S/C21H22FN3O3S/c1-29(27,28)13-14-2-4-16(5-3-14)21(26)25-10-8-15(9-11-25)20-23-18-7-6-17(22)12-19(18)24-20/h2-7,12,15H,8-11,13H2,1H3,(H,23,24). The second-order valence-corrected chi connectivity index (χ2v) is 9.76. The first kappa shape index (κ1) is 19.6. The van der Waals surface area contributed by atoms with Gasteiger partial charge in [-0.25, -0.2) is 17.8 Å². The average molecular weight is 415 g/mol. The minimum atomic E-state index is -3.10. The highest BCUT2D eigenvalue weighted by Gasteiger charge is 2.26. The van der Waals surface area contributed by atoms with E-state index in [-0.39, 0.29) is 23.4 Å². The van der Waals surface area contributed by atoms with Crippen LogP contribution in [-0.4, -0.2) is 48.5 Å². The van der Waals surface area contributed by atoms with Gasteiger partial charge in [-0.3, -0.25) is 4.79 Å². The van der Waals surface area contributed by atoms with Gasteiger partial charge in [0, 0.05) is 30.8 Å². The SMILES string of the molecule is CS(=O)(=O)Cc1ccc(C(=O)N2CCC(c3nc4ccc(F)cc4[nH]3)CC2)cc1. The van der Waals surface area contributed by atoms with Crippen molar-refractivity contribution in [1.82, 2.24) is 14.9 Å². The Balaban J connectivity index is 1.40. The van der Waals surface area contributed by atoms with Gasteiger partial charge in [0.05, 0.1) is 16.8 Å². The number of benzene rings is 2. The van der Waals surface area contributed by atoms with Crippen LogP contribution in [0, 0.1) is 5.82 Å². The maximum absolute atomic E-state index is 13.4. The van der Waals surface area contributed by atoms with E-state index in [4.69, 9.17) is 0 Å². The zero-order chi connectivity index (χ0) is 20.6. The van der Waals surface area contributed by atoms with E-state index in [1.807, 2.05) is 4.90 Å². The molecule has 3 aromatic rings. The van der Waals surface area contributed by atoms with Crippen molar-refractivity contribution in [2.75, 3.05) is 19.3 Å². The van der Waals surface area contributed by atoms with Crippen molar-refractivity contribution in [1.29, 1.82) is 0 Å². The van der Waals surface area contributed by atoms with Crippen molar-refractivity contribution in [3.63, 3.8) is 0 Å². The lowest BCUT2D eigenvalue weighted by Gasteiger charge is -2.31. The second kappa shape index (κ2) is 7.59. The predicted molar refractivity (Wildman–Crippen MR) is 109 cm³/mol. The molecule has 0 atom stereocenters. The molecule has 152 valence electrons. The molecule has 1 aliphatic heterocycles. The number of piperidine rings is 1. The summed E-state index contributed by atoms with van der Waals surface area (Å²) in [5.41, 5.74) is 2.66. The molecule has 0 unspecified atom stereocenters. The van der Waals surface area contributed by atoms with Crippen LogP contribution < -0.4 is 0 Å². The Kier molecular flexibility index (Phi) is 5.12. The summed E-state index contributed by atoms with van der Waals surface area (Å²) in [6.45, 7) is 1.22. The van der Waals surface area contributed by atoms with E-state index in [2.05, 4.69) is 9.97 Å². The maximum Gasteiger partial charge on any atom is 0.253 e. The molecule has 2 aromatic carbocycles. The van der Waals surface area contributed by atoms with Crippen LogP contribution in [0.1, 0.15) is 40.5 Å². The van der Waals surface area contributed by atoms with Crippen molar-refractivity contribution >= 4 is 26.8 Å². The number of hydrogen-bond acceptors (Lipinski definition) is 4. The molecular formula is C21H22FN3O3S. The highest BCUT2D eigenvalue weighted by atomic mass is 32.2. The first-order valence-electron chi connectivity index (χ1n) is 9.49. The van der Waals surface area contributed by atoms with Gasteiger partial charge in [0.2, 0.25) is 0 Å². The lowest BCUT2D eigenvalue weighted by molar-refractivity contribution is 0.0711. The molecule has 2 heterocycles. The Morgan fingerprint density at radius 3 is 2.52 bits per heavy atom. The highest BCUT2D eigenvalue weighted by Crippen LogP contribution is 2.28. The summed E-state index contributed by atoms with van der Waals surface area (Å²) in [7, 11) is -3.10. The summed E-state index contributed by atoms with van der Waals surface area (Å²) in [4.78, 5) is 22.3. The van der Waals surface area contributed by atoms with Crippen LogP contribution in [0.3, 0.4) is 0 Å². The molecule has 0 radical (unpaired) electrons. The fraction of sp³-hybridized carbons (Fsp3) is 0.333. The van der Waals surface area contributed by atoms with Crippen molar-refractivity contribution in [2.24, 2.45) is 0 Å². The maximum atomic E-state index is 13.4. The number of nitrogens with zero attached hydrogens (tertiary/aromatic N) is 2. The zero-order valence-corrected chi connectivity index (χ0v) is 16.9. The molecule has 4 rings (SSSR count). The van der Waals surface area contributed by atoms with Gasteiger partial charge < -0.3 is 9.88 Å². The molecule has 1 saturated heterocycles. The smallest absolute Gasteiger partial charge is 0.253 e. The van der Waals surface area contributed by atoms with Crippen LogP contribution in [0.2, 0.25) is 0 Å². The monoisotopic (exact) mass is 415 g/mol. The van der Waals surface area contributed by atoms with E-state index in [1.54, 1.807) is 30.3 Å². The van der Waals surface area contributed by atoms with Gasteiger partial charge in [-0.05, 0) is 48.7 Å². The van der Waals surface area contributed by atoms with Crippen molar-refractivity contribution in [3.8, 4) is 0 Å². The van der Waals surface area contributed by atoms with E-state index in [1.165, 1.54) is 18.4 Å². The zero-order valence-electron chi connectivity index (χ0n) is 16.1. The van der Waals surface area contributed by atoms with Gasteiger partial charge in [0.1, 0.15) is 11.6 Å². The molecule has 0 bridgehead atoms. The number of amides is 1. The number of fused-ring (bicyclic) bond motifs is 1. The largest absolute Gasteiger partial charge is 0.342 e. The number of nitrogens with one attached hydrogen (secondary N) is 1. The molecule has 8 heteroatoms. The Morgan fingerprint density at radius 1 is 1.17 bits per heavy atom. The first-order valence-corrected chi connectivity index (χ1v) is 11.6. The minimum absolute atomic E-state index is 0.0335. The van der Waals surface area contributed by atoms with Crippen LogP contribution >= 0.6 is 0 Å². The fourth-order valence-electron chi connectivity index (χ4n) is 3.78. The third kappa shape index (κ3) is 4.48. The van der Waals surface area contributed by atoms with Gasteiger partial charge in [0.15, 0.2) is 9.84 Å². The topological polar surface area (TPSA) is 83.1 Å². The molecule has 0 aliphatic carbocycles. The number of carbonyl (C=O) groups excluding carboxylic acids is 1. The first-order chi connectivity index (χ1) is 13.8. The minimum Gasteiger partial charge on any atom is -0.342 e. The molecule has 1 amide bonds. The summed E-state index contributed by atoms with van der Waals surface area (Å²) in [5, 5.41) is 0. The highest BCUT2D eigenvalue weighted by molar-refractivity contribution is 7.89. The van der Waals surface area contributed by atoms with Crippen molar-refractivity contribution < 1.29 is 17.6 Å². The molecular weight excluding hydrogens is 393 g/mol. The predicted octanol–water partition coefficient (Wildman–Crippen LogP) is 3.27. The number of halogens is 1. The van der Waals surface area contributed by atoms with E-state index >= 15 is 0 Å². The molecule has 0 spiro atoms. The molecule has 1 fully saturated rings. The van der Waals surface area contributed by atoms with Gasteiger partial charge in [0.25, 0.3) is 5.91 Å². The average Bonchev–Trinajstić information content (AvgIpc) is 3.10. The van der Waals surface area contributed by atoms with E-state index in [9.17, 15) is 17.6 Å². The number of H-pyrrole nitrogens is 1. The third-order valence-corrected chi connectivity index (χ3v) is 6.12. The van der Waals surface area contributed by atoms with Crippen LogP contribution in [0.25, 0.3) is 11.0 Å².